The number of imidazole rings is 1. The number of aromatic nitrogens is 2. The van der Waals surface area contributed by atoms with Gasteiger partial charge in [0.15, 0.2) is 0 Å². The molecule has 20 heavy (non-hydrogen) atoms. The van der Waals surface area contributed by atoms with Gasteiger partial charge in [0.05, 0.1) is 22.6 Å². The number of fused-ring (bicyclic) bond motifs is 1. The molecule has 0 aliphatic rings. The third-order valence-electron chi connectivity index (χ3n) is 2.75. The van der Waals surface area contributed by atoms with Crippen LogP contribution in [-0.4, -0.2) is 21.4 Å². The molecular formula is C13H20Cl2N4O. The average Bonchev–Trinajstić information content (AvgIpc) is 2.71. The van der Waals surface area contributed by atoms with Gasteiger partial charge in [0.25, 0.3) is 0 Å². The highest BCUT2D eigenvalue weighted by Crippen LogP contribution is 2.15. The predicted octanol–water partition coefficient (Wildman–Crippen LogP) is 2.32. The fourth-order valence-electron chi connectivity index (χ4n) is 1.63. The van der Waals surface area contributed by atoms with E-state index in [0.29, 0.717) is 0 Å². The average molecular weight is 319 g/mol. The Morgan fingerprint density at radius 3 is 2.50 bits per heavy atom. The first-order valence-corrected chi connectivity index (χ1v) is 5.92. The second-order valence-electron chi connectivity index (χ2n) is 5.06. The molecule has 4 N–H and O–H groups in total. The molecule has 0 radical (unpaired) electrons. The van der Waals surface area contributed by atoms with Gasteiger partial charge in [-0.15, -0.1) is 24.8 Å². The minimum absolute atomic E-state index is 0. The van der Waals surface area contributed by atoms with E-state index in [9.17, 15) is 4.79 Å². The maximum absolute atomic E-state index is 11.8. The summed E-state index contributed by atoms with van der Waals surface area (Å²) in [5, 5.41) is 2.84. The Morgan fingerprint density at radius 1 is 1.35 bits per heavy atom. The normalized spacial score (nSPS) is 12.2. The molecule has 5 nitrogen and oxygen atoms in total. The highest BCUT2D eigenvalue weighted by Gasteiger charge is 2.24. The summed E-state index contributed by atoms with van der Waals surface area (Å²) in [7, 11) is 0. The van der Waals surface area contributed by atoms with Gasteiger partial charge in [0.1, 0.15) is 5.82 Å². The molecule has 1 aromatic carbocycles. The number of halogens is 2. The van der Waals surface area contributed by atoms with E-state index in [0.717, 1.165) is 16.9 Å². The minimum Gasteiger partial charge on any atom is -0.345 e. The SMILES string of the molecule is CC(NC(=O)C(C)(C)N)c1nc2ccccc2[nH]1.Cl.Cl. The van der Waals surface area contributed by atoms with E-state index in [2.05, 4.69) is 15.3 Å². The molecule has 0 bridgehead atoms. The van der Waals surface area contributed by atoms with Gasteiger partial charge in [0.2, 0.25) is 5.91 Å². The highest BCUT2D eigenvalue weighted by atomic mass is 35.5. The first-order chi connectivity index (χ1) is 8.38. The largest absolute Gasteiger partial charge is 0.345 e. The molecule has 0 saturated heterocycles. The molecule has 0 spiro atoms. The van der Waals surface area contributed by atoms with Gasteiger partial charge < -0.3 is 16.0 Å². The number of hydrogen-bond acceptors (Lipinski definition) is 3. The molecule has 2 aromatic rings. The van der Waals surface area contributed by atoms with Gasteiger partial charge in [0, 0.05) is 0 Å². The number of amides is 1. The van der Waals surface area contributed by atoms with Crippen molar-refractivity contribution in [1.29, 1.82) is 0 Å². The summed E-state index contributed by atoms with van der Waals surface area (Å²) in [4.78, 5) is 19.4. The van der Waals surface area contributed by atoms with Gasteiger partial charge in [-0.3, -0.25) is 4.79 Å². The van der Waals surface area contributed by atoms with Crippen LogP contribution in [0.4, 0.5) is 0 Å². The Kier molecular flexibility index (Phi) is 6.47. The van der Waals surface area contributed by atoms with Crippen molar-refractivity contribution < 1.29 is 4.79 Å². The van der Waals surface area contributed by atoms with Gasteiger partial charge in [-0.1, -0.05) is 12.1 Å². The van der Waals surface area contributed by atoms with Crippen molar-refractivity contribution in [2.45, 2.75) is 32.4 Å². The third kappa shape index (κ3) is 4.10. The van der Waals surface area contributed by atoms with Gasteiger partial charge in [-0.05, 0) is 32.9 Å². The van der Waals surface area contributed by atoms with Crippen LogP contribution in [-0.2, 0) is 4.79 Å². The van der Waals surface area contributed by atoms with Crippen LogP contribution in [0.3, 0.4) is 0 Å². The maximum atomic E-state index is 11.8. The van der Waals surface area contributed by atoms with Crippen LogP contribution in [0, 0.1) is 0 Å². The maximum Gasteiger partial charge on any atom is 0.240 e. The van der Waals surface area contributed by atoms with Crippen molar-refractivity contribution in [3.63, 3.8) is 0 Å². The molecule has 0 saturated carbocycles. The molecule has 1 aromatic heterocycles. The number of nitrogens with zero attached hydrogens (tertiary/aromatic N) is 1. The molecule has 2 rings (SSSR count). The first kappa shape index (κ1) is 18.7. The molecule has 0 aliphatic heterocycles. The van der Waals surface area contributed by atoms with Crippen molar-refractivity contribution in [2.24, 2.45) is 5.73 Å². The number of H-pyrrole nitrogens is 1. The smallest absolute Gasteiger partial charge is 0.240 e. The summed E-state index contributed by atoms with van der Waals surface area (Å²) in [6.45, 7) is 5.22. The van der Waals surface area contributed by atoms with Crippen molar-refractivity contribution in [3.05, 3.63) is 30.1 Å². The second-order valence-corrected chi connectivity index (χ2v) is 5.06. The summed E-state index contributed by atoms with van der Waals surface area (Å²) in [5.41, 5.74) is 6.70. The van der Waals surface area contributed by atoms with E-state index < -0.39 is 5.54 Å². The van der Waals surface area contributed by atoms with Crippen molar-refractivity contribution in [3.8, 4) is 0 Å². The standard InChI is InChI=1S/C13H18N4O.2ClH/c1-8(15-12(18)13(2,3)14)11-16-9-6-4-5-7-10(9)17-11;;/h4-8H,14H2,1-3H3,(H,15,18)(H,16,17);2*1H. The summed E-state index contributed by atoms with van der Waals surface area (Å²) < 4.78 is 0. The number of benzene rings is 1. The molecule has 1 heterocycles. The second kappa shape index (κ2) is 6.92. The third-order valence-corrected chi connectivity index (χ3v) is 2.75. The van der Waals surface area contributed by atoms with E-state index in [-0.39, 0.29) is 36.8 Å². The van der Waals surface area contributed by atoms with Crippen molar-refractivity contribution in [2.75, 3.05) is 0 Å². The van der Waals surface area contributed by atoms with Gasteiger partial charge in [-0.2, -0.15) is 0 Å². The van der Waals surface area contributed by atoms with E-state index in [1.807, 2.05) is 31.2 Å². The Morgan fingerprint density at radius 2 is 1.95 bits per heavy atom. The lowest BCUT2D eigenvalue weighted by Gasteiger charge is -2.20. The number of hydrogen-bond donors (Lipinski definition) is 3. The Labute approximate surface area is 130 Å². The fraction of sp³-hybridized carbons (Fsp3) is 0.385. The predicted molar refractivity (Wildman–Crippen MR) is 85.4 cm³/mol. The molecule has 112 valence electrons. The van der Waals surface area contributed by atoms with Crippen LogP contribution in [0.5, 0.6) is 0 Å². The molecule has 1 atom stereocenters. The van der Waals surface area contributed by atoms with Crippen LogP contribution in [0.15, 0.2) is 24.3 Å². The number of carbonyl (C=O) groups excluding carboxylic acids is 1. The molecule has 1 amide bonds. The summed E-state index contributed by atoms with van der Waals surface area (Å²) in [5.74, 6) is 0.532. The number of carbonyl (C=O) groups is 1. The summed E-state index contributed by atoms with van der Waals surface area (Å²) >= 11 is 0. The first-order valence-electron chi connectivity index (χ1n) is 5.92. The van der Waals surface area contributed by atoms with Crippen LogP contribution < -0.4 is 11.1 Å². The lowest BCUT2D eigenvalue weighted by Crippen LogP contribution is -2.49. The zero-order valence-corrected chi connectivity index (χ0v) is 13.3. The highest BCUT2D eigenvalue weighted by molar-refractivity contribution is 5.86. The van der Waals surface area contributed by atoms with Crippen molar-refractivity contribution >= 4 is 41.8 Å². The zero-order chi connectivity index (χ0) is 13.3. The lowest BCUT2D eigenvalue weighted by molar-refractivity contribution is -0.125. The Hall–Kier alpha value is -1.30. The number of aromatic amines is 1. The molecule has 1 unspecified atom stereocenters. The monoisotopic (exact) mass is 318 g/mol. The van der Waals surface area contributed by atoms with E-state index >= 15 is 0 Å². The minimum atomic E-state index is -0.889. The van der Waals surface area contributed by atoms with Crippen LogP contribution >= 0.6 is 24.8 Å². The van der Waals surface area contributed by atoms with Gasteiger partial charge in [-0.25, -0.2) is 4.98 Å². The lowest BCUT2D eigenvalue weighted by atomic mass is 10.1. The summed E-state index contributed by atoms with van der Waals surface area (Å²) in [6, 6.07) is 7.55. The number of nitrogens with two attached hydrogens (primary N) is 1. The molecular weight excluding hydrogens is 299 g/mol. The van der Waals surface area contributed by atoms with E-state index in [4.69, 9.17) is 5.73 Å². The number of para-hydroxylation sites is 2. The van der Waals surface area contributed by atoms with Crippen LogP contribution in [0.2, 0.25) is 0 Å². The van der Waals surface area contributed by atoms with Crippen LogP contribution in [0.25, 0.3) is 11.0 Å². The summed E-state index contributed by atoms with van der Waals surface area (Å²) in [6.07, 6.45) is 0. The molecule has 0 aliphatic carbocycles. The van der Waals surface area contributed by atoms with Gasteiger partial charge >= 0.3 is 0 Å². The van der Waals surface area contributed by atoms with E-state index in [1.165, 1.54) is 0 Å². The number of rotatable bonds is 3. The van der Waals surface area contributed by atoms with Crippen molar-refractivity contribution in [1.82, 2.24) is 15.3 Å². The Bertz CT molecular complexity index is 544. The topological polar surface area (TPSA) is 83.8 Å². The quantitative estimate of drug-likeness (QED) is 0.812. The number of nitrogens with one attached hydrogen (secondary N) is 2. The van der Waals surface area contributed by atoms with Crippen LogP contribution in [0.1, 0.15) is 32.6 Å². The Balaban J connectivity index is 0.00000180. The molecule has 0 fully saturated rings. The fourth-order valence-corrected chi connectivity index (χ4v) is 1.63. The molecule has 7 heteroatoms. The zero-order valence-electron chi connectivity index (χ0n) is 11.6. The van der Waals surface area contributed by atoms with E-state index in [1.54, 1.807) is 13.8 Å².